The third kappa shape index (κ3) is 3.69. The van der Waals surface area contributed by atoms with E-state index >= 15 is 0 Å². The summed E-state index contributed by atoms with van der Waals surface area (Å²) in [7, 11) is 0. The molecule has 19 heavy (non-hydrogen) atoms. The molecule has 0 aliphatic carbocycles. The van der Waals surface area contributed by atoms with Crippen molar-refractivity contribution in [1.29, 1.82) is 0 Å². The highest BCUT2D eigenvalue weighted by atomic mass is 16.2. The Bertz CT molecular complexity index is 345. The van der Waals surface area contributed by atoms with Crippen molar-refractivity contribution in [2.24, 2.45) is 17.6 Å². The Labute approximate surface area is 114 Å². The van der Waals surface area contributed by atoms with Crippen molar-refractivity contribution in [1.82, 2.24) is 10.6 Å². The molecular formula is C14H25N3O2. The fraction of sp³-hybridized carbons (Fsp3) is 0.857. The number of nitrogens with two attached hydrogens (primary N) is 1. The Morgan fingerprint density at radius 2 is 1.84 bits per heavy atom. The smallest absolute Gasteiger partial charge is 0.240 e. The first-order valence-electron chi connectivity index (χ1n) is 7.30. The second-order valence-corrected chi connectivity index (χ2v) is 6.37. The summed E-state index contributed by atoms with van der Waals surface area (Å²) in [5.41, 5.74) is 5.31. The first kappa shape index (κ1) is 14.3. The van der Waals surface area contributed by atoms with Gasteiger partial charge in [0.2, 0.25) is 11.8 Å². The van der Waals surface area contributed by atoms with Crippen molar-refractivity contribution in [2.45, 2.75) is 64.1 Å². The quantitative estimate of drug-likeness (QED) is 0.679. The van der Waals surface area contributed by atoms with Gasteiger partial charge in [0.1, 0.15) is 6.04 Å². The number of piperidine rings is 1. The van der Waals surface area contributed by atoms with Crippen LogP contribution in [0.3, 0.4) is 0 Å². The molecule has 3 unspecified atom stereocenters. The van der Waals surface area contributed by atoms with Crippen molar-refractivity contribution in [2.75, 3.05) is 0 Å². The molecule has 2 bridgehead atoms. The van der Waals surface area contributed by atoms with Crippen LogP contribution in [0.5, 0.6) is 0 Å². The van der Waals surface area contributed by atoms with E-state index in [-0.39, 0.29) is 11.8 Å². The zero-order valence-corrected chi connectivity index (χ0v) is 11.8. The Morgan fingerprint density at radius 1 is 1.26 bits per heavy atom. The lowest BCUT2D eigenvalue weighted by atomic mass is 9.89. The first-order chi connectivity index (χ1) is 8.95. The summed E-state index contributed by atoms with van der Waals surface area (Å²) in [6.45, 7) is 3.78. The number of rotatable bonds is 5. The maximum Gasteiger partial charge on any atom is 0.240 e. The van der Waals surface area contributed by atoms with E-state index in [0.717, 1.165) is 12.8 Å². The van der Waals surface area contributed by atoms with Crippen molar-refractivity contribution in [3.05, 3.63) is 0 Å². The Morgan fingerprint density at radius 3 is 2.32 bits per heavy atom. The Hall–Kier alpha value is -1.10. The number of carbonyl (C=O) groups is 2. The van der Waals surface area contributed by atoms with Crippen LogP contribution in [0, 0.1) is 11.8 Å². The number of primary amides is 1. The molecule has 2 fully saturated rings. The highest BCUT2D eigenvalue weighted by Crippen LogP contribution is 2.32. The minimum absolute atomic E-state index is 0.0330. The molecule has 2 aliphatic rings. The van der Waals surface area contributed by atoms with E-state index in [2.05, 4.69) is 10.6 Å². The number of hydrogen-bond donors (Lipinski definition) is 3. The summed E-state index contributed by atoms with van der Waals surface area (Å²) in [5.74, 6) is -0.0115. The van der Waals surface area contributed by atoms with Gasteiger partial charge in [0, 0.05) is 18.5 Å². The van der Waals surface area contributed by atoms with Crippen LogP contribution in [0.2, 0.25) is 0 Å². The van der Waals surface area contributed by atoms with Crippen LogP contribution in [-0.2, 0) is 9.59 Å². The SMILES string of the molecule is CC(C)C(NC(=O)CC1CC2CCC(C1)N2)C(N)=O. The van der Waals surface area contributed by atoms with Crippen LogP contribution >= 0.6 is 0 Å². The van der Waals surface area contributed by atoms with Gasteiger partial charge in [-0.1, -0.05) is 13.8 Å². The summed E-state index contributed by atoms with van der Waals surface area (Å²) >= 11 is 0. The third-order valence-corrected chi connectivity index (χ3v) is 4.33. The molecule has 4 N–H and O–H groups in total. The van der Waals surface area contributed by atoms with Gasteiger partial charge in [-0.05, 0) is 37.5 Å². The third-order valence-electron chi connectivity index (χ3n) is 4.33. The molecule has 2 rings (SSSR count). The summed E-state index contributed by atoms with van der Waals surface area (Å²) in [4.78, 5) is 23.3. The predicted molar refractivity (Wildman–Crippen MR) is 73.2 cm³/mol. The van der Waals surface area contributed by atoms with E-state index < -0.39 is 11.9 Å². The normalized spacial score (nSPS) is 31.2. The zero-order valence-electron chi connectivity index (χ0n) is 11.8. The Balaban J connectivity index is 1.82. The van der Waals surface area contributed by atoms with Gasteiger partial charge in [0.05, 0.1) is 0 Å². The average molecular weight is 267 g/mol. The van der Waals surface area contributed by atoms with Gasteiger partial charge >= 0.3 is 0 Å². The lowest BCUT2D eigenvalue weighted by molar-refractivity contribution is -0.129. The summed E-state index contributed by atoms with van der Waals surface area (Å²) in [5, 5.41) is 6.34. The highest BCUT2D eigenvalue weighted by molar-refractivity contribution is 5.86. The molecule has 2 amide bonds. The summed E-state index contributed by atoms with van der Waals surface area (Å²) in [6.07, 6.45) is 5.14. The fourth-order valence-corrected chi connectivity index (χ4v) is 3.40. The van der Waals surface area contributed by atoms with Crippen LogP contribution < -0.4 is 16.4 Å². The molecule has 2 saturated heterocycles. The molecule has 3 atom stereocenters. The van der Waals surface area contributed by atoms with Gasteiger partial charge < -0.3 is 16.4 Å². The maximum atomic E-state index is 12.0. The number of carbonyl (C=O) groups excluding carboxylic acids is 2. The van der Waals surface area contributed by atoms with Gasteiger partial charge in [0.15, 0.2) is 0 Å². The predicted octanol–water partition coefficient (Wildman–Crippen LogP) is 0.533. The van der Waals surface area contributed by atoms with Gasteiger partial charge in [-0.2, -0.15) is 0 Å². The van der Waals surface area contributed by atoms with E-state index in [4.69, 9.17) is 5.73 Å². The zero-order chi connectivity index (χ0) is 14.0. The molecule has 0 saturated carbocycles. The second kappa shape index (κ2) is 5.90. The summed E-state index contributed by atoms with van der Waals surface area (Å²) in [6, 6.07) is 0.633. The van der Waals surface area contributed by atoms with Gasteiger partial charge in [0.25, 0.3) is 0 Å². The highest BCUT2D eigenvalue weighted by Gasteiger charge is 2.34. The molecule has 0 radical (unpaired) electrons. The van der Waals surface area contributed by atoms with Crippen molar-refractivity contribution >= 4 is 11.8 Å². The van der Waals surface area contributed by atoms with Gasteiger partial charge in [-0.25, -0.2) is 0 Å². The van der Waals surface area contributed by atoms with Crippen LogP contribution in [0.4, 0.5) is 0 Å². The molecule has 0 aromatic rings. The monoisotopic (exact) mass is 267 g/mol. The van der Waals surface area contributed by atoms with Crippen molar-refractivity contribution in [3.63, 3.8) is 0 Å². The second-order valence-electron chi connectivity index (χ2n) is 6.37. The fourth-order valence-electron chi connectivity index (χ4n) is 3.40. The largest absolute Gasteiger partial charge is 0.368 e. The van der Waals surface area contributed by atoms with Crippen LogP contribution in [0.15, 0.2) is 0 Å². The van der Waals surface area contributed by atoms with Crippen LogP contribution in [0.25, 0.3) is 0 Å². The van der Waals surface area contributed by atoms with Crippen molar-refractivity contribution < 1.29 is 9.59 Å². The number of nitrogens with one attached hydrogen (secondary N) is 2. The minimum atomic E-state index is -0.550. The molecule has 0 spiro atoms. The molecule has 0 aromatic heterocycles. The number of fused-ring (bicyclic) bond motifs is 2. The van der Waals surface area contributed by atoms with E-state index in [1.54, 1.807) is 0 Å². The lowest BCUT2D eigenvalue weighted by Gasteiger charge is -2.29. The van der Waals surface area contributed by atoms with Crippen LogP contribution in [-0.4, -0.2) is 29.9 Å². The molecule has 2 aliphatic heterocycles. The average Bonchev–Trinajstić information content (AvgIpc) is 2.65. The molecule has 0 aromatic carbocycles. The van der Waals surface area contributed by atoms with Gasteiger partial charge in [-0.3, -0.25) is 9.59 Å². The molecular weight excluding hydrogens is 242 g/mol. The van der Waals surface area contributed by atoms with E-state index in [1.807, 2.05) is 13.8 Å². The van der Waals surface area contributed by atoms with E-state index in [1.165, 1.54) is 12.8 Å². The number of amides is 2. The number of hydrogen-bond acceptors (Lipinski definition) is 3. The first-order valence-corrected chi connectivity index (χ1v) is 7.30. The van der Waals surface area contributed by atoms with Crippen LogP contribution in [0.1, 0.15) is 46.0 Å². The van der Waals surface area contributed by atoms with E-state index in [9.17, 15) is 9.59 Å². The maximum absolute atomic E-state index is 12.0. The topological polar surface area (TPSA) is 84.2 Å². The molecule has 5 heteroatoms. The Kier molecular flexibility index (Phi) is 4.45. The standard InChI is InChI=1S/C14H25N3O2/c1-8(2)13(14(15)19)17-12(18)7-9-5-10-3-4-11(6-9)16-10/h8-11,13,16H,3-7H2,1-2H3,(H2,15,19)(H,17,18). The van der Waals surface area contributed by atoms with Gasteiger partial charge in [-0.15, -0.1) is 0 Å². The van der Waals surface area contributed by atoms with E-state index in [0.29, 0.717) is 24.4 Å². The summed E-state index contributed by atoms with van der Waals surface area (Å²) < 4.78 is 0. The van der Waals surface area contributed by atoms with Crippen molar-refractivity contribution in [3.8, 4) is 0 Å². The lowest BCUT2D eigenvalue weighted by Crippen LogP contribution is -2.48. The minimum Gasteiger partial charge on any atom is -0.368 e. The molecule has 108 valence electrons. The molecule has 2 heterocycles. The molecule has 5 nitrogen and oxygen atoms in total.